The van der Waals surface area contributed by atoms with Gasteiger partial charge in [0.1, 0.15) is 5.82 Å². The smallest absolute Gasteiger partial charge is 0.266 e. The number of alkyl halides is 2. The summed E-state index contributed by atoms with van der Waals surface area (Å²) >= 11 is 0. The molecule has 9 heteroatoms. The topological polar surface area (TPSA) is 66.4 Å². The van der Waals surface area contributed by atoms with Crippen LogP contribution in [0.2, 0.25) is 0 Å². The molecule has 1 aromatic heterocycles. The molecule has 6 nitrogen and oxygen atoms in total. The van der Waals surface area contributed by atoms with Crippen molar-refractivity contribution in [2.24, 2.45) is 17.8 Å². The number of fused-ring (bicyclic) bond motifs is 1. The van der Waals surface area contributed by atoms with Gasteiger partial charge in [0, 0.05) is 43.0 Å². The Morgan fingerprint density at radius 1 is 1.18 bits per heavy atom. The SMILES string of the molecule is C[C@@H]1C[C@H]1n1cc(C(=O)N[C@H](C)c2cccc(C(F)F)c2F)c(N[C@@H]2[C@@H]3CN(C)C[C@@H]32)cc1=O. The number of carbonyl (C=O) groups excluding carboxylic acids is 1. The Balaban J connectivity index is 1.41. The Morgan fingerprint density at radius 2 is 1.82 bits per heavy atom. The van der Waals surface area contributed by atoms with E-state index in [1.54, 1.807) is 17.7 Å². The van der Waals surface area contributed by atoms with E-state index in [1.165, 1.54) is 18.2 Å². The Hall–Kier alpha value is -2.81. The number of nitrogens with zero attached hydrogens (tertiary/aromatic N) is 2. The molecule has 2 saturated carbocycles. The van der Waals surface area contributed by atoms with Gasteiger partial charge in [0.05, 0.1) is 22.9 Å². The van der Waals surface area contributed by atoms with E-state index < -0.39 is 29.8 Å². The number of amides is 1. The van der Waals surface area contributed by atoms with Gasteiger partial charge >= 0.3 is 0 Å². The van der Waals surface area contributed by atoms with Crippen LogP contribution in [0.3, 0.4) is 0 Å². The van der Waals surface area contributed by atoms with Crippen LogP contribution in [-0.4, -0.2) is 41.6 Å². The fourth-order valence-corrected chi connectivity index (χ4v) is 5.35. The number of hydrogen-bond donors (Lipinski definition) is 2. The van der Waals surface area contributed by atoms with Crippen molar-refractivity contribution >= 4 is 11.6 Å². The molecular weight excluding hydrogens is 445 g/mol. The first-order valence-corrected chi connectivity index (χ1v) is 11.7. The molecule has 2 heterocycles. The zero-order valence-electron chi connectivity index (χ0n) is 19.4. The molecule has 0 radical (unpaired) electrons. The maximum absolute atomic E-state index is 14.6. The summed E-state index contributed by atoms with van der Waals surface area (Å²) < 4.78 is 42.5. The number of likely N-dealkylation sites (tertiary alicyclic amines) is 1. The number of piperidine rings is 1. The van der Waals surface area contributed by atoms with Crippen LogP contribution in [0, 0.1) is 23.6 Å². The van der Waals surface area contributed by atoms with Gasteiger partial charge in [-0.2, -0.15) is 0 Å². The predicted molar refractivity (Wildman–Crippen MR) is 123 cm³/mol. The van der Waals surface area contributed by atoms with Crippen molar-refractivity contribution in [3.63, 3.8) is 0 Å². The average Bonchev–Trinajstić information content (AvgIpc) is 3.60. The molecule has 0 spiro atoms. The number of pyridine rings is 1. The van der Waals surface area contributed by atoms with Crippen LogP contribution in [-0.2, 0) is 0 Å². The first kappa shape index (κ1) is 23.0. The summed E-state index contributed by atoms with van der Waals surface area (Å²) in [7, 11) is 2.07. The second-order valence-electron chi connectivity index (χ2n) is 10.1. The second-order valence-corrected chi connectivity index (χ2v) is 10.1. The number of rotatable bonds is 7. The lowest BCUT2D eigenvalue weighted by molar-refractivity contribution is 0.0939. The lowest BCUT2D eigenvalue weighted by Crippen LogP contribution is -2.32. The number of aromatic nitrogens is 1. The summed E-state index contributed by atoms with van der Waals surface area (Å²) in [5.41, 5.74) is -0.107. The van der Waals surface area contributed by atoms with E-state index in [0.717, 1.165) is 25.6 Å². The highest BCUT2D eigenvalue weighted by molar-refractivity contribution is 5.99. The third-order valence-electron chi connectivity index (χ3n) is 7.56. The van der Waals surface area contributed by atoms with Crippen LogP contribution in [0.15, 0.2) is 35.3 Å². The van der Waals surface area contributed by atoms with Gasteiger partial charge in [0.15, 0.2) is 0 Å². The molecule has 0 bridgehead atoms. The van der Waals surface area contributed by atoms with E-state index in [4.69, 9.17) is 0 Å². The minimum atomic E-state index is -2.94. The van der Waals surface area contributed by atoms with E-state index in [9.17, 15) is 22.8 Å². The Bertz CT molecular complexity index is 1170. The van der Waals surface area contributed by atoms with Crippen molar-refractivity contribution < 1.29 is 18.0 Å². The summed E-state index contributed by atoms with van der Waals surface area (Å²) in [5, 5.41) is 6.14. The highest BCUT2D eigenvalue weighted by Gasteiger charge is 2.55. The van der Waals surface area contributed by atoms with Crippen molar-refractivity contribution in [3.8, 4) is 0 Å². The standard InChI is InChI=1S/C25H29F3N4O2/c1-12-7-20(12)32-11-18(19(8-21(32)33)30-23-16-9-31(3)10-17(16)23)25(34)29-13(2)14-5-4-6-15(22(14)26)24(27)28/h4-6,8,11-13,16-17,20,23-24,30H,7,9-10H2,1-3H3,(H,29,34)/t12-,13-,16-,17+,20-,23-/m1/s1. The van der Waals surface area contributed by atoms with E-state index >= 15 is 0 Å². The van der Waals surface area contributed by atoms with Crippen molar-refractivity contribution in [2.75, 3.05) is 25.5 Å². The number of benzene rings is 1. The maximum atomic E-state index is 14.6. The van der Waals surface area contributed by atoms with Gasteiger partial charge in [-0.05, 0) is 38.1 Å². The van der Waals surface area contributed by atoms with Crippen LogP contribution in [0.25, 0.3) is 0 Å². The zero-order valence-corrected chi connectivity index (χ0v) is 19.4. The minimum Gasteiger partial charge on any atom is -0.381 e. The molecule has 1 aromatic carbocycles. The Kier molecular flexibility index (Phi) is 5.70. The molecule has 3 fully saturated rings. The lowest BCUT2D eigenvalue weighted by atomic mass is 10.0. The third kappa shape index (κ3) is 4.10. The molecule has 2 aromatic rings. The quantitative estimate of drug-likeness (QED) is 0.638. The number of nitrogens with one attached hydrogen (secondary N) is 2. The van der Waals surface area contributed by atoms with Gasteiger partial charge in [0.25, 0.3) is 17.9 Å². The first-order chi connectivity index (χ1) is 16.2. The van der Waals surface area contributed by atoms with E-state index in [0.29, 0.717) is 29.0 Å². The fraction of sp³-hybridized carbons (Fsp3) is 0.520. The molecular formula is C25H29F3N4O2. The van der Waals surface area contributed by atoms with Crippen LogP contribution < -0.4 is 16.2 Å². The summed E-state index contributed by atoms with van der Waals surface area (Å²) in [6.45, 7) is 5.54. The average molecular weight is 475 g/mol. The number of anilines is 1. The number of hydrogen-bond acceptors (Lipinski definition) is 4. The van der Waals surface area contributed by atoms with Crippen molar-refractivity contribution in [2.45, 2.75) is 44.8 Å². The molecule has 34 heavy (non-hydrogen) atoms. The Labute approximate surface area is 196 Å². The van der Waals surface area contributed by atoms with E-state index in [2.05, 4.69) is 22.6 Å². The molecule has 182 valence electrons. The van der Waals surface area contributed by atoms with Crippen LogP contribution in [0.1, 0.15) is 60.3 Å². The first-order valence-electron chi connectivity index (χ1n) is 11.7. The molecule has 1 saturated heterocycles. The molecule has 2 aliphatic carbocycles. The fourth-order valence-electron chi connectivity index (χ4n) is 5.35. The maximum Gasteiger partial charge on any atom is 0.266 e. The Morgan fingerprint density at radius 3 is 2.44 bits per heavy atom. The predicted octanol–water partition coefficient (Wildman–Crippen LogP) is 3.97. The third-order valence-corrected chi connectivity index (χ3v) is 7.56. The molecule has 6 atom stereocenters. The summed E-state index contributed by atoms with van der Waals surface area (Å²) in [6.07, 6.45) is -0.494. The zero-order chi connectivity index (χ0) is 24.3. The molecule has 3 aliphatic rings. The van der Waals surface area contributed by atoms with Crippen molar-refractivity contribution in [1.82, 2.24) is 14.8 Å². The molecule has 1 aliphatic heterocycles. The van der Waals surface area contributed by atoms with Crippen LogP contribution in [0.5, 0.6) is 0 Å². The van der Waals surface area contributed by atoms with E-state index in [1.807, 2.05) is 6.92 Å². The van der Waals surface area contributed by atoms with Gasteiger partial charge < -0.3 is 20.1 Å². The molecule has 5 rings (SSSR count). The summed E-state index contributed by atoms with van der Waals surface area (Å²) in [6, 6.07) is 4.67. The summed E-state index contributed by atoms with van der Waals surface area (Å²) in [4.78, 5) is 28.4. The lowest BCUT2D eigenvalue weighted by Gasteiger charge is -2.20. The van der Waals surface area contributed by atoms with Gasteiger partial charge in [-0.1, -0.05) is 25.1 Å². The highest BCUT2D eigenvalue weighted by Crippen LogP contribution is 2.47. The summed E-state index contributed by atoms with van der Waals surface area (Å²) in [5.74, 6) is -0.179. The van der Waals surface area contributed by atoms with Gasteiger partial charge in [-0.15, -0.1) is 0 Å². The van der Waals surface area contributed by atoms with Crippen molar-refractivity contribution in [1.29, 1.82) is 0 Å². The van der Waals surface area contributed by atoms with Crippen LogP contribution >= 0.6 is 0 Å². The highest BCUT2D eigenvalue weighted by atomic mass is 19.3. The second kappa shape index (κ2) is 8.45. The number of halogens is 3. The van der Waals surface area contributed by atoms with Gasteiger partial charge in [-0.25, -0.2) is 13.2 Å². The normalized spacial score (nSPS) is 28.5. The monoisotopic (exact) mass is 474 g/mol. The van der Waals surface area contributed by atoms with E-state index in [-0.39, 0.29) is 23.2 Å². The molecule has 1 amide bonds. The van der Waals surface area contributed by atoms with Gasteiger partial charge in [0.2, 0.25) is 0 Å². The molecule has 2 N–H and O–H groups in total. The van der Waals surface area contributed by atoms with Gasteiger partial charge in [-0.3, -0.25) is 9.59 Å². The largest absolute Gasteiger partial charge is 0.381 e. The minimum absolute atomic E-state index is 0.00967. The number of carbonyl (C=O) groups is 1. The van der Waals surface area contributed by atoms with Crippen molar-refractivity contribution in [3.05, 3.63) is 63.3 Å². The molecule has 0 unspecified atom stereocenters. The van der Waals surface area contributed by atoms with Crippen LogP contribution in [0.4, 0.5) is 18.9 Å².